The lowest BCUT2D eigenvalue weighted by Crippen LogP contribution is -2.50. The normalized spacial score (nSPS) is 14.5. The van der Waals surface area contributed by atoms with Gasteiger partial charge in [-0.1, -0.05) is 42.1 Å². The molecule has 1 saturated heterocycles. The van der Waals surface area contributed by atoms with Crippen LogP contribution in [-0.2, 0) is 4.74 Å². The lowest BCUT2D eigenvalue weighted by atomic mass is 10.1. The van der Waals surface area contributed by atoms with Crippen LogP contribution in [-0.4, -0.2) is 42.2 Å². The number of hydrogen-bond acceptors (Lipinski definition) is 6. The van der Waals surface area contributed by atoms with E-state index in [1.807, 2.05) is 47.7 Å². The maximum Gasteiger partial charge on any atom is 0.291 e. The summed E-state index contributed by atoms with van der Waals surface area (Å²) in [6.45, 7) is 2.32. The molecule has 1 fully saturated rings. The zero-order valence-corrected chi connectivity index (χ0v) is 13.5. The summed E-state index contributed by atoms with van der Waals surface area (Å²) in [5.74, 6) is 0. The Morgan fingerprint density at radius 2 is 1.96 bits per heavy atom. The monoisotopic (exact) mass is 328 g/mol. The lowest BCUT2D eigenvalue weighted by molar-refractivity contribution is 0.109. The first-order valence-corrected chi connectivity index (χ1v) is 8.48. The number of hydrogen-bond donors (Lipinski definition) is 0. The van der Waals surface area contributed by atoms with Gasteiger partial charge in [0, 0.05) is 5.56 Å². The highest BCUT2D eigenvalue weighted by Crippen LogP contribution is 2.22. The fraction of sp³-hybridized carbons (Fsp3) is 0.312. The van der Waals surface area contributed by atoms with Crippen molar-refractivity contribution in [2.24, 2.45) is 0 Å². The fourth-order valence-electron chi connectivity index (χ4n) is 2.53. The zero-order valence-electron chi connectivity index (χ0n) is 12.7. The van der Waals surface area contributed by atoms with Crippen LogP contribution >= 0.6 is 11.8 Å². The van der Waals surface area contributed by atoms with E-state index in [1.54, 1.807) is 0 Å². The summed E-state index contributed by atoms with van der Waals surface area (Å²) < 4.78 is 6.85. The number of aromatic nitrogens is 2. The molecule has 0 bridgehead atoms. The van der Waals surface area contributed by atoms with E-state index in [-0.39, 0.29) is 11.1 Å². The molecule has 0 aliphatic carbocycles. The Morgan fingerprint density at radius 3 is 2.57 bits per heavy atom. The van der Waals surface area contributed by atoms with Gasteiger partial charge in [0.15, 0.2) is 5.16 Å². The van der Waals surface area contributed by atoms with E-state index in [0.717, 1.165) is 5.56 Å². The average Bonchev–Trinajstić information content (AvgIpc) is 2.62. The summed E-state index contributed by atoms with van der Waals surface area (Å²) in [4.78, 5) is 17.5. The quantitative estimate of drug-likeness (QED) is 0.628. The summed E-state index contributed by atoms with van der Waals surface area (Å²) in [6.07, 6.45) is 1.87. The molecule has 0 N–H and O–H groups in total. The second kappa shape index (κ2) is 6.86. The van der Waals surface area contributed by atoms with Gasteiger partial charge in [0.1, 0.15) is 11.6 Å². The number of rotatable bonds is 3. The van der Waals surface area contributed by atoms with Gasteiger partial charge in [0.05, 0.1) is 32.0 Å². The van der Waals surface area contributed by atoms with Crippen molar-refractivity contribution in [2.45, 2.75) is 5.16 Å². The summed E-state index contributed by atoms with van der Waals surface area (Å²) in [5, 5.41) is 12.0. The van der Waals surface area contributed by atoms with Crippen LogP contribution in [0.15, 0.2) is 40.3 Å². The predicted octanol–water partition coefficient (Wildman–Crippen LogP) is 1.47. The van der Waals surface area contributed by atoms with E-state index >= 15 is 0 Å². The molecular weight excluding hydrogens is 312 g/mol. The van der Waals surface area contributed by atoms with Gasteiger partial charge in [0.2, 0.25) is 0 Å². The maximum atomic E-state index is 12.9. The van der Waals surface area contributed by atoms with E-state index in [2.05, 4.69) is 4.98 Å². The van der Waals surface area contributed by atoms with Gasteiger partial charge in [-0.15, -0.1) is 0 Å². The predicted molar refractivity (Wildman–Crippen MR) is 89.2 cm³/mol. The third-order valence-corrected chi connectivity index (χ3v) is 4.27. The van der Waals surface area contributed by atoms with Gasteiger partial charge in [-0.3, -0.25) is 4.79 Å². The molecule has 0 amide bonds. The minimum atomic E-state index is -0.326. The van der Waals surface area contributed by atoms with Crippen LogP contribution in [0.3, 0.4) is 0 Å². The van der Waals surface area contributed by atoms with E-state index < -0.39 is 0 Å². The molecule has 0 atom stereocenters. The summed E-state index contributed by atoms with van der Waals surface area (Å²) in [6, 6.07) is 11.4. The summed E-state index contributed by atoms with van der Waals surface area (Å²) >= 11 is 1.39. The van der Waals surface area contributed by atoms with Crippen LogP contribution in [0.1, 0.15) is 5.56 Å². The van der Waals surface area contributed by atoms with Crippen LogP contribution in [0, 0.1) is 11.3 Å². The van der Waals surface area contributed by atoms with E-state index in [9.17, 15) is 10.1 Å². The van der Waals surface area contributed by atoms with Gasteiger partial charge in [-0.2, -0.15) is 9.94 Å². The smallest absolute Gasteiger partial charge is 0.291 e. The topological polar surface area (TPSA) is 71.2 Å². The molecule has 2 aromatic rings. The van der Waals surface area contributed by atoms with Crippen molar-refractivity contribution in [2.75, 3.05) is 37.6 Å². The molecule has 7 heteroatoms. The molecule has 0 saturated carbocycles. The van der Waals surface area contributed by atoms with Crippen molar-refractivity contribution < 1.29 is 4.74 Å². The largest absolute Gasteiger partial charge is 0.378 e. The SMILES string of the molecule is CSc1nc(-c2ccccc2)c(C#N)c(=O)n1N1CCOCC1. The Morgan fingerprint density at radius 1 is 1.26 bits per heavy atom. The highest BCUT2D eigenvalue weighted by atomic mass is 32.2. The third kappa shape index (κ3) is 2.96. The molecule has 0 radical (unpaired) electrons. The zero-order chi connectivity index (χ0) is 16.2. The molecule has 1 aliphatic heterocycles. The fourth-order valence-corrected chi connectivity index (χ4v) is 3.09. The summed E-state index contributed by atoms with van der Waals surface area (Å²) in [7, 11) is 0. The Labute approximate surface area is 138 Å². The van der Waals surface area contributed by atoms with E-state index in [1.165, 1.54) is 16.4 Å². The van der Waals surface area contributed by atoms with Gasteiger partial charge in [-0.05, 0) is 6.26 Å². The second-order valence-electron chi connectivity index (χ2n) is 4.98. The standard InChI is InChI=1S/C16H16N4O2S/c1-23-16-18-14(12-5-3-2-4-6-12)13(11-17)15(21)20(16)19-7-9-22-10-8-19/h2-6H,7-10H2,1H3. The molecule has 2 heterocycles. The lowest BCUT2D eigenvalue weighted by Gasteiger charge is -2.31. The molecule has 0 spiro atoms. The van der Waals surface area contributed by atoms with Crippen LogP contribution in [0.25, 0.3) is 11.3 Å². The van der Waals surface area contributed by atoms with Gasteiger partial charge in [0.25, 0.3) is 5.56 Å². The van der Waals surface area contributed by atoms with Crippen molar-refractivity contribution in [3.05, 3.63) is 46.2 Å². The van der Waals surface area contributed by atoms with Gasteiger partial charge < -0.3 is 9.75 Å². The number of nitrogens with zero attached hydrogens (tertiary/aromatic N) is 4. The molecule has 23 heavy (non-hydrogen) atoms. The minimum Gasteiger partial charge on any atom is -0.378 e. The molecule has 0 unspecified atom stereocenters. The molecule has 118 valence electrons. The minimum absolute atomic E-state index is 0.0699. The van der Waals surface area contributed by atoms with Crippen LogP contribution in [0.5, 0.6) is 0 Å². The first-order chi connectivity index (χ1) is 11.3. The van der Waals surface area contributed by atoms with Crippen LogP contribution < -0.4 is 10.6 Å². The number of benzene rings is 1. The first-order valence-electron chi connectivity index (χ1n) is 7.26. The van der Waals surface area contributed by atoms with Crippen molar-refractivity contribution in [3.8, 4) is 17.3 Å². The summed E-state index contributed by atoms with van der Waals surface area (Å²) in [5.41, 5.74) is 0.950. The molecular formula is C16H16N4O2S. The van der Waals surface area contributed by atoms with Gasteiger partial charge >= 0.3 is 0 Å². The second-order valence-corrected chi connectivity index (χ2v) is 5.76. The van der Waals surface area contributed by atoms with E-state index in [0.29, 0.717) is 37.2 Å². The Kier molecular flexibility index (Phi) is 4.65. The van der Waals surface area contributed by atoms with Crippen LogP contribution in [0.2, 0.25) is 0 Å². The van der Waals surface area contributed by atoms with Crippen molar-refractivity contribution in [1.29, 1.82) is 5.26 Å². The molecule has 3 rings (SSSR count). The Hall–Kier alpha value is -2.30. The number of morpholine rings is 1. The van der Waals surface area contributed by atoms with Crippen molar-refractivity contribution >= 4 is 11.8 Å². The third-order valence-electron chi connectivity index (χ3n) is 3.64. The van der Waals surface area contributed by atoms with Crippen molar-refractivity contribution in [1.82, 2.24) is 9.66 Å². The highest BCUT2D eigenvalue weighted by Gasteiger charge is 2.22. The van der Waals surface area contributed by atoms with E-state index in [4.69, 9.17) is 4.74 Å². The average molecular weight is 328 g/mol. The van der Waals surface area contributed by atoms with Gasteiger partial charge in [-0.25, -0.2) is 4.98 Å². The highest BCUT2D eigenvalue weighted by molar-refractivity contribution is 7.98. The number of ether oxygens (including phenoxy) is 1. The molecule has 1 aromatic heterocycles. The molecule has 1 aromatic carbocycles. The number of thioether (sulfide) groups is 1. The Bertz CT molecular complexity index is 792. The Balaban J connectivity index is 2.20. The molecule has 6 nitrogen and oxygen atoms in total. The maximum absolute atomic E-state index is 12.9. The van der Waals surface area contributed by atoms with Crippen molar-refractivity contribution in [3.63, 3.8) is 0 Å². The van der Waals surface area contributed by atoms with Crippen LogP contribution in [0.4, 0.5) is 0 Å². The number of nitriles is 1. The molecule has 1 aliphatic rings. The first kappa shape index (κ1) is 15.6.